The number of aromatic nitrogens is 3. The third kappa shape index (κ3) is 2.15. The number of fused-ring (bicyclic) bond motifs is 1. The lowest BCUT2D eigenvalue weighted by Gasteiger charge is -2.07. The van der Waals surface area contributed by atoms with Crippen LogP contribution in [-0.2, 0) is 10.0 Å². The van der Waals surface area contributed by atoms with Gasteiger partial charge in [-0.2, -0.15) is 0 Å². The molecule has 2 heterocycles. The molecule has 0 radical (unpaired) electrons. The predicted octanol–water partition coefficient (Wildman–Crippen LogP) is 1.99. The number of hydrogen-bond donors (Lipinski definition) is 0. The van der Waals surface area contributed by atoms with Crippen molar-refractivity contribution < 1.29 is 13.2 Å². The van der Waals surface area contributed by atoms with Gasteiger partial charge in [-0.15, -0.1) is 0 Å². The van der Waals surface area contributed by atoms with Crippen molar-refractivity contribution in [3.8, 4) is 5.88 Å². The Labute approximate surface area is 122 Å². The maximum atomic E-state index is 12.7. The van der Waals surface area contributed by atoms with Crippen molar-refractivity contribution in [3.63, 3.8) is 0 Å². The van der Waals surface area contributed by atoms with E-state index in [2.05, 4.69) is 9.97 Å². The van der Waals surface area contributed by atoms with Gasteiger partial charge in [0.2, 0.25) is 5.88 Å². The molecule has 6 nitrogen and oxygen atoms in total. The minimum absolute atomic E-state index is 0.211. The van der Waals surface area contributed by atoms with Crippen LogP contribution in [0.15, 0.2) is 47.8 Å². The number of nitrogens with zero attached hydrogens (tertiary/aromatic N) is 3. The minimum atomic E-state index is -3.69. The number of hydrogen-bond acceptors (Lipinski definition) is 5. The number of benzene rings is 1. The Bertz CT molecular complexity index is 899. The van der Waals surface area contributed by atoms with Gasteiger partial charge in [-0.05, 0) is 25.1 Å². The number of ether oxygens (including phenoxy) is 1. The number of aryl methyl sites for hydroxylation is 1. The molecule has 0 spiro atoms. The second-order valence-corrected chi connectivity index (χ2v) is 6.36. The normalized spacial score (nSPS) is 11.7. The summed E-state index contributed by atoms with van der Waals surface area (Å²) in [6.45, 7) is 1.90. The van der Waals surface area contributed by atoms with Gasteiger partial charge in [0.05, 0.1) is 17.4 Å². The van der Waals surface area contributed by atoms with E-state index in [0.29, 0.717) is 16.9 Å². The van der Waals surface area contributed by atoms with Crippen molar-refractivity contribution in [1.29, 1.82) is 0 Å². The zero-order chi connectivity index (χ0) is 15.0. The van der Waals surface area contributed by atoms with Crippen molar-refractivity contribution in [3.05, 3.63) is 48.4 Å². The predicted molar refractivity (Wildman–Crippen MR) is 77.8 cm³/mol. The summed E-state index contributed by atoms with van der Waals surface area (Å²) in [5.74, 6) is 0.345. The van der Waals surface area contributed by atoms with E-state index in [4.69, 9.17) is 4.74 Å². The van der Waals surface area contributed by atoms with Crippen LogP contribution in [0.25, 0.3) is 11.0 Å². The average molecular weight is 303 g/mol. The highest BCUT2D eigenvalue weighted by Gasteiger charge is 2.20. The summed E-state index contributed by atoms with van der Waals surface area (Å²) >= 11 is 0. The molecule has 0 bridgehead atoms. The molecule has 0 amide bonds. The largest absolute Gasteiger partial charge is 0.480 e. The highest BCUT2D eigenvalue weighted by atomic mass is 32.2. The molecule has 0 aliphatic rings. The van der Waals surface area contributed by atoms with E-state index in [0.717, 1.165) is 9.54 Å². The monoisotopic (exact) mass is 303 g/mol. The SMILES string of the molecule is COc1ncnc2c1ccn2S(=O)(=O)c1ccc(C)cc1. The lowest BCUT2D eigenvalue weighted by atomic mass is 10.2. The highest BCUT2D eigenvalue weighted by molar-refractivity contribution is 7.90. The molecule has 2 aromatic heterocycles. The first kappa shape index (κ1) is 13.6. The smallest absolute Gasteiger partial charge is 0.269 e. The van der Waals surface area contributed by atoms with E-state index >= 15 is 0 Å². The number of methoxy groups -OCH3 is 1. The van der Waals surface area contributed by atoms with Crippen molar-refractivity contribution in [1.82, 2.24) is 13.9 Å². The topological polar surface area (TPSA) is 74.1 Å². The first-order valence-electron chi connectivity index (χ1n) is 6.22. The summed E-state index contributed by atoms with van der Waals surface area (Å²) in [5.41, 5.74) is 1.29. The van der Waals surface area contributed by atoms with Gasteiger partial charge in [0.1, 0.15) is 6.33 Å². The molecule has 0 saturated heterocycles. The average Bonchev–Trinajstić information content (AvgIpc) is 2.92. The fourth-order valence-electron chi connectivity index (χ4n) is 2.09. The third-order valence-electron chi connectivity index (χ3n) is 3.18. The fraction of sp³-hybridized carbons (Fsp3) is 0.143. The van der Waals surface area contributed by atoms with Crippen LogP contribution in [0, 0.1) is 6.92 Å². The van der Waals surface area contributed by atoms with Crippen LogP contribution in [0.4, 0.5) is 0 Å². The Morgan fingerprint density at radius 2 is 1.81 bits per heavy atom. The standard InChI is InChI=1S/C14H13N3O3S/c1-10-3-5-11(6-4-10)21(18,19)17-8-7-12-13(17)15-9-16-14(12)20-2/h3-9H,1-2H3. The fourth-order valence-corrected chi connectivity index (χ4v) is 3.39. The van der Waals surface area contributed by atoms with E-state index in [1.54, 1.807) is 30.3 Å². The lowest BCUT2D eigenvalue weighted by Crippen LogP contribution is -2.12. The number of rotatable bonds is 3. The van der Waals surface area contributed by atoms with Gasteiger partial charge < -0.3 is 4.74 Å². The van der Waals surface area contributed by atoms with Gasteiger partial charge in [0, 0.05) is 6.20 Å². The Morgan fingerprint density at radius 3 is 2.48 bits per heavy atom. The molecule has 0 N–H and O–H groups in total. The molecular formula is C14H13N3O3S. The molecule has 3 rings (SSSR count). The molecule has 0 atom stereocenters. The first-order chi connectivity index (χ1) is 10.0. The van der Waals surface area contributed by atoms with Crippen LogP contribution in [-0.4, -0.2) is 29.5 Å². The molecule has 3 aromatic rings. The van der Waals surface area contributed by atoms with Crippen molar-refractivity contribution in [2.24, 2.45) is 0 Å². The summed E-state index contributed by atoms with van der Waals surface area (Å²) in [6.07, 6.45) is 2.74. The van der Waals surface area contributed by atoms with Gasteiger partial charge in [0.15, 0.2) is 5.65 Å². The zero-order valence-electron chi connectivity index (χ0n) is 11.5. The quantitative estimate of drug-likeness (QED) is 0.739. The zero-order valence-corrected chi connectivity index (χ0v) is 12.3. The molecule has 0 fully saturated rings. The van der Waals surface area contributed by atoms with Gasteiger partial charge in [-0.25, -0.2) is 22.4 Å². The van der Waals surface area contributed by atoms with Gasteiger partial charge in [0.25, 0.3) is 10.0 Å². The molecule has 0 aliphatic heterocycles. The van der Waals surface area contributed by atoms with E-state index in [1.165, 1.54) is 19.6 Å². The molecule has 7 heteroatoms. The van der Waals surface area contributed by atoms with Crippen LogP contribution in [0.3, 0.4) is 0 Å². The Morgan fingerprint density at radius 1 is 1.10 bits per heavy atom. The minimum Gasteiger partial charge on any atom is -0.480 e. The van der Waals surface area contributed by atoms with Crippen molar-refractivity contribution in [2.45, 2.75) is 11.8 Å². The van der Waals surface area contributed by atoms with E-state index < -0.39 is 10.0 Å². The van der Waals surface area contributed by atoms with Gasteiger partial charge in [-0.3, -0.25) is 0 Å². The maximum Gasteiger partial charge on any atom is 0.269 e. The van der Waals surface area contributed by atoms with Crippen molar-refractivity contribution in [2.75, 3.05) is 7.11 Å². The Kier molecular flexibility index (Phi) is 3.13. The summed E-state index contributed by atoms with van der Waals surface area (Å²) < 4.78 is 31.6. The van der Waals surface area contributed by atoms with Crippen LogP contribution in [0.1, 0.15) is 5.56 Å². The van der Waals surface area contributed by atoms with Crippen LogP contribution in [0.2, 0.25) is 0 Å². The van der Waals surface area contributed by atoms with E-state index in [-0.39, 0.29) is 4.90 Å². The molecular weight excluding hydrogens is 290 g/mol. The third-order valence-corrected chi connectivity index (χ3v) is 4.86. The molecule has 21 heavy (non-hydrogen) atoms. The maximum absolute atomic E-state index is 12.7. The Balaban J connectivity index is 2.22. The summed E-state index contributed by atoms with van der Waals surface area (Å²) in [4.78, 5) is 8.23. The molecule has 1 aromatic carbocycles. The Hall–Kier alpha value is -2.41. The van der Waals surface area contributed by atoms with E-state index in [1.807, 2.05) is 6.92 Å². The van der Waals surface area contributed by atoms with Gasteiger partial charge >= 0.3 is 0 Å². The molecule has 0 saturated carbocycles. The van der Waals surface area contributed by atoms with Gasteiger partial charge in [-0.1, -0.05) is 17.7 Å². The molecule has 0 unspecified atom stereocenters. The van der Waals surface area contributed by atoms with E-state index in [9.17, 15) is 8.42 Å². The highest BCUT2D eigenvalue weighted by Crippen LogP contribution is 2.25. The lowest BCUT2D eigenvalue weighted by molar-refractivity contribution is 0.402. The second-order valence-electron chi connectivity index (χ2n) is 4.55. The van der Waals surface area contributed by atoms with Crippen LogP contribution >= 0.6 is 0 Å². The second kappa shape index (κ2) is 4.85. The summed E-state index contributed by atoms with van der Waals surface area (Å²) in [5, 5.41) is 0.552. The summed E-state index contributed by atoms with van der Waals surface area (Å²) in [7, 11) is -2.21. The van der Waals surface area contributed by atoms with Crippen molar-refractivity contribution >= 4 is 21.1 Å². The molecule has 108 valence electrons. The van der Waals surface area contributed by atoms with Crippen LogP contribution in [0.5, 0.6) is 5.88 Å². The summed E-state index contributed by atoms with van der Waals surface area (Å²) in [6, 6.07) is 8.30. The first-order valence-corrected chi connectivity index (χ1v) is 7.66. The molecule has 0 aliphatic carbocycles. The van der Waals surface area contributed by atoms with Crippen LogP contribution < -0.4 is 4.74 Å².